The van der Waals surface area contributed by atoms with E-state index in [0.717, 1.165) is 17.8 Å². The molecule has 0 spiro atoms. The number of ether oxygens (including phenoxy) is 1. The lowest BCUT2D eigenvalue weighted by atomic mass is 10.2. The lowest BCUT2D eigenvalue weighted by molar-refractivity contribution is -0.132. The van der Waals surface area contributed by atoms with Crippen molar-refractivity contribution in [2.45, 2.75) is 31.6 Å². The number of halogens is 2. The van der Waals surface area contributed by atoms with Crippen molar-refractivity contribution in [1.82, 2.24) is 10.3 Å². The Balaban J connectivity index is 0.00000144. The minimum atomic E-state index is -0.339. The van der Waals surface area contributed by atoms with Crippen LogP contribution in [0.4, 0.5) is 0 Å². The number of rotatable bonds is 4. The lowest BCUT2D eigenvalue weighted by Crippen LogP contribution is -2.35. The molecule has 2 heterocycles. The Hall–Kier alpha value is -0.400. The number of nitrogens with one attached hydrogen (secondary N) is 1. The van der Waals surface area contributed by atoms with Gasteiger partial charge in [-0.15, -0.1) is 36.2 Å². The van der Waals surface area contributed by atoms with Gasteiger partial charge in [-0.1, -0.05) is 0 Å². The first-order valence-electron chi connectivity index (χ1n) is 5.31. The van der Waals surface area contributed by atoms with Crippen molar-refractivity contribution >= 4 is 42.1 Å². The molecule has 3 N–H and O–H groups in total. The van der Waals surface area contributed by atoms with E-state index in [9.17, 15) is 4.79 Å². The molecule has 2 rings (SSSR count). The molecule has 1 aromatic rings. The van der Waals surface area contributed by atoms with Crippen molar-refractivity contribution in [1.29, 1.82) is 0 Å². The number of aromatic nitrogens is 1. The Kier molecular flexibility index (Phi) is 8.47. The second-order valence-corrected chi connectivity index (χ2v) is 4.68. The van der Waals surface area contributed by atoms with Crippen molar-refractivity contribution in [3.63, 3.8) is 0 Å². The lowest BCUT2D eigenvalue weighted by Gasteiger charge is -2.11. The second-order valence-electron chi connectivity index (χ2n) is 3.70. The molecule has 0 saturated carbocycles. The number of thiazole rings is 1. The summed E-state index contributed by atoms with van der Waals surface area (Å²) in [7, 11) is 0. The van der Waals surface area contributed by atoms with Gasteiger partial charge in [0.1, 0.15) is 11.1 Å². The maximum atomic E-state index is 11.7. The SMILES string of the molecule is Cl.Cl.NC[C@H]1CC[C@@H](C(=O)NCc2nccs2)O1. The van der Waals surface area contributed by atoms with Gasteiger partial charge in [0.2, 0.25) is 5.91 Å². The molecule has 1 aromatic heterocycles. The fraction of sp³-hybridized carbons (Fsp3) is 0.600. The minimum Gasteiger partial charge on any atom is -0.364 e. The van der Waals surface area contributed by atoms with Crippen LogP contribution in [-0.2, 0) is 16.1 Å². The summed E-state index contributed by atoms with van der Waals surface area (Å²) in [5.74, 6) is -0.0637. The summed E-state index contributed by atoms with van der Waals surface area (Å²) in [5.41, 5.74) is 5.48. The first kappa shape index (κ1) is 17.6. The molecule has 0 aliphatic carbocycles. The van der Waals surface area contributed by atoms with Gasteiger partial charge in [0.05, 0.1) is 12.6 Å². The molecule has 5 nitrogen and oxygen atoms in total. The van der Waals surface area contributed by atoms with Crippen LogP contribution in [0.1, 0.15) is 17.8 Å². The predicted molar refractivity (Wildman–Crippen MR) is 75.4 cm³/mol. The summed E-state index contributed by atoms with van der Waals surface area (Å²) >= 11 is 1.53. The number of hydrogen-bond acceptors (Lipinski definition) is 5. The van der Waals surface area contributed by atoms with E-state index < -0.39 is 0 Å². The summed E-state index contributed by atoms with van der Waals surface area (Å²) in [4.78, 5) is 15.8. The zero-order valence-corrected chi connectivity index (χ0v) is 12.2. The Morgan fingerprint density at radius 3 is 2.89 bits per heavy atom. The highest BCUT2D eigenvalue weighted by Crippen LogP contribution is 2.18. The molecule has 0 radical (unpaired) electrons. The van der Waals surface area contributed by atoms with E-state index in [1.165, 1.54) is 11.3 Å². The van der Waals surface area contributed by atoms with Gasteiger partial charge in [-0.05, 0) is 12.8 Å². The van der Waals surface area contributed by atoms with Crippen LogP contribution >= 0.6 is 36.2 Å². The predicted octanol–water partition coefficient (Wildman–Crippen LogP) is 1.11. The topological polar surface area (TPSA) is 77.2 Å². The zero-order chi connectivity index (χ0) is 11.4. The first-order valence-corrected chi connectivity index (χ1v) is 6.19. The molecule has 2 atom stereocenters. The van der Waals surface area contributed by atoms with Gasteiger partial charge in [0, 0.05) is 18.1 Å². The van der Waals surface area contributed by atoms with Gasteiger partial charge in [-0.3, -0.25) is 4.79 Å². The number of hydrogen-bond donors (Lipinski definition) is 2. The summed E-state index contributed by atoms with van der Waals surface area (Å²) in [5, 5.41) is 5.61. The van der Waals surface area contributed by atoms with Crippen molar-refractivity contribution in [2.75, 3.05) is 6.54 Å². The van der Waals surface area contributed by atoms with Crippen LogP contribution in [0.2, 0.25) is 0 Å². The molecule has 8 heteroatoms. The van der Waals surface area contributed by atoms with Crippen LogP contribution in [0.15, 0.2) is 11.6 Å². The summed E-state index contributed by atoms with van der Waals surface area (Å²) in [6.45, 7) is 0.958. The van der Waals surface area contributed by atoms with Crippen molar-refractivity contribution in [2.24, 2.45) is 5.73 Å². The third-order valence-electron chi connectivity index (χ3n) is 2.56. The van der Waals surface area contributed by atoms with Crippen LogP contribution in [0, 0.1) is 0 Å². The van der Waals surface area contributed by atoms with Gasteiger partial charge < -0.3 is 15.8 Å². The average Bonchev–Trinajstić information content (AvgIpc) is 2.96. The molecule has 1 fully saturated rings. The third-order valence-corrected chi connectivity index (χ3v) is 3.34. The van der Waals surface area contributed by atoms with Crippen LogP contribution in [0.5, 0.6) is 0 Å². The molecule has 0 bridgehead atoms. The number of nitrogens with zero attached hydrogens (tertiary/aromatic N) is 1. The Morgan fingerprint density at radius 1 is 1.56 bits per heavy atom. The van der Waals surface area contributed by atoms with Crippen molar-refractivity contribution in [3.8, 4) is 0 Å². The molecule has 1 amide bonds. The quantitative estimate of drug-likeness (QED) is 0.873. The van der Waals surface area contributed by atoms with Crippen LogP contribution in [-0.4, -0.2) is 29.6 Å². The Labute approximate surface area is 122 Å². The zero-order valence-electron chi connectivity index (χ0n) is 9.70. The second kappa shape index (κ2) is 8.66. The molecule has 104 valence electrons. The summed E-state index contributed by atoms with van der Waals surface area (Å²) < 4.78 is 5.49. The normalized spacial score (nSPS) is 21.8. The highest BCUT2D eigenvalue weighted by atomic mass is 35.5. The van der Waals surface area contributed by atoms with E-state index in [4.69, 9.17) is 10.5 Å². The molecule has 18 heavy (non-hydrogen) atoms. The average molecular weight is 314 g/mol. The molecule has 1 aliphatic heterocycles. The maximum absolute atomic E-state index is 11.7. The standard InChI is InChI=1S/C10H15N3O2S.2ClH/c11-5-7-1-2-8(15-7)10(14)13-6-9-12-3-4-16-9;;/h3-4,7-8H,1-2,5-6,11H2,(H,13,14);2*1H/t7-,8+;;/m1../s1. The van der Waals surface area contributed by atoms with Crippen molar-refractivity contribution < 1.29 is 9.53 Å². The molecule has 1 saturated heterocycles. The molecular formula is C10H17Cl2N3O2S. The first-order chi connectivity index (χ1) is 7.79. The van der Waals surface area contributed by atoms with Gasteiger partial charge in [-0.2, -0.15) is 0 Å². The van der Waals surface area contributed by atoms with E-state index in [2.05, 4.69) is 10.3 Å². The molecule has 1 aliphatic rings. The van der Waals surface area contributed by atoms with E-state index in [1.54, 1.807) is 6.20 Å². The van der Waals surface area contributed by atoms with E-state index in [-0.39, 0.29) is 42.9 Å². The monoisotopic (exact) mass is 313 g/mol. The number of amides is 1. The molecule has 0 unspecified atom stereocenters. The number of carbonyl (C=O) groups is 1. The van der Waals surface area contributed by atoms with Gasteiger partial charge in [0.25, 0.3) is 0 Å². The van der Waals surface area contributed by atoms with Crippen molar-refractivity contribution in [3.05, 3.63) is 16.6 Å². The maximum Gasteiger partial charge on any atom is 0.249 e. The fourth-order valence-electron chi connectivity index (χ4n) is 1.69. The highest BCUT2D eigenvalue weighted by Gasteiger charge is 2.29. The number of carbonyl (C=O) groups excluding carboxylic acids is 1. The smallest absolute Gasteiger partial charge is 0.249 e. The van der Waals surface area contributed by atoms with Crippen LogP contribution < -0.4 is 11.1 Å². The molecule has 0 aromatic carbocycles. The largest absolute Gasteiger partial charge is 0.364 e. The van der Waals surface area contributed by atoms with E-state index in [0.29, 0.717) is 13.1 Å². The summed E-state index contributed by atoms with van der Waals surface area (Å²) in [6, 6.07) is 0. The molecular weight excluding hydrogens is 297 g/mol. The van der Waals surface area contributed by atoms with Gasteiger partial charge in [0.15, 0.2) is 0 Å². The van der Waals surface area contributed by atoms with E-state index in [1.807, 2.05) is 5.38 Å². The van der Waals surface area contributed by atoms with E-state index >= 15 is 0 Å². The van der Waals surface area contributed by atoms with Crippen LogP contribution in [0.25, 0.3) is 0 Å². The van der Waals surface area contributed by atoms with Crippen LogP contribution in [0.3, 0.4) is 0 Å². The third kappa shape index (κ3) is 4.70. The minimum absolute atomic E-state index is 0. The van der Waals surface area contributed by atoms with Gasteiger partial charge in [-0.25, -0.2) is 4.98 Å². The summed E-state index contributed by atoms with van der Waals surface area (Å²) in [6.07, 6.45) is 3.05. The van der Waals surface area contributed by atoms with Gasteiger partial charge >= 0.3 is 0 Å². The number of nitrogens with two attached hydrogens (primary N) is 1. The highest BCUT2D eigenvalue weighted by molar-refractivity contribution is 7.09. The Bertz CT molecular complexity index is 351. The fourth-order valence-corrected chi connectivity index (χ4v) is 2.24. The Morgan fingerprint density at radius 2 is 2.33 bits per heavy atom.